The first kappa shape index (κ1) is 12.7. The fourth-order valence-electron chi connectivity index (χ4n) is 2.09. The van der Waals surface area contributed by atoms with Crippen LogP contribution in [0.4, 0.5) is 10.3 Å². The van der Waals surface area contributed by atoms with Gasteiger partial charge in [-0.25, -0.2) is 9.37 Å². The van der Waals surface area contributed by atoms with Crippen LogP contribution >= 0.6 is 15.9 Å². The van der Waals surface area contributed by atoms with Crippen LogP contribution in [0, 0.1) is 19.7 Å². The predicted molar refractivity (Wildman–Crippen MR) is 77.3 cm³/mol. The van der Waals surface area contributed by atoms with Crippen molar-refractivity contribution in [2.24, 2.45) is 0 Å². The smallest absolute Gasteiger partial charge is 0.207 e. The maximum absolute atomic E-state index is 13.8. The van der Waals surface area contributed by atoms with Gasteiger partial charge in [-0.2, -0.15) is 0 Å². The fourth-order valence-corrected chi connectivity index (χ4v) is 2.55. The molecule has 0 aliphatic heterocycles. The molecule has 0 saturated heterocycles. The van der Waals surface area contributed by atoms with Crippen molar-refractivity contribution < 1.29 is 4.39 Å². The third-order valence-corrected chi connectivity index (χ3v) is 3.84. The Balaban J connectivity index is 2.07. The lowest BCUT2D eigenvalue weighted by atomic mass is 10.2. The minimum atomic E-state index is -0.260. The van der Waals surface area contributed by atoms with E-state index in [1.54, 1.807) is 12.1 Å². The first-order chi connectivity index (χ1) is 9.04. The van der Waals surface area contributed by atoms with Crippen LogP contribution < -0.4 is 5.32 Å². The summed E-state index contributed by atoms with van der Waals surface area (Å²) < 4.78 is 16.2. The molecule has 1 N–H and O–H groups in total. The minimum Gasteiger partial charge on any atom is -0.353 e. The molecule has 19 heavy (non-hydrogen) atoms. The van der Waals surface area contributed by atoms with Crippen molar-refractivity contribution in [3.63, 3.8) is 0 Å². The van der Waals surface area contributed by atoms with Gasteiger partial charge in [0.1, 0.15) is 5.82 Å². The third kappa shape index (κ3) is 2.52. The Morgan fingerprint density at radius 3 is 2.79 bits per heavy atom. The molecule has 1 aliphatic carbocycles. The number of aryl methyl sites for hydroxylation is 2. The number of nitrogens with one attached hydrogen (secondary N) is 1. The molecule has 100 valence electrons. The number of aromatic nitrogens is 2. The summed E-state index contributed by atoms with van der Waals surface area (Å²) in [5.74, 6) is 0.536. The largest absolute Gasteiger partial charge is 0.353 e. The lowest BCUT2D eigenvalue weighted by Crippen LogP contribution is -2.08. The van der Waals surface area contributed by atoms with Gasteiger partial charge in [-0.1, -0.05) is 0 Å². The summed E-state index contributed by atoms with van der Waals surface area (Å²) in [6.07, 6.45) is 4.29. The monoisotopic (exact) mass is 323 g/mol. The number of imidazole rings is 1. The van der Waals surface area contributed by atoms with Crippen LogP contribution in [0.3, 0.4) is 0 Å². The zero-order chi connectivity index (χ0) is 13.6. The molecule has 0 radical (unpaired) electrons. The van der Waals surface area contributed by atoms with Gasteiger partial charge >= 0.3 is 0 Å². The minimum absolute atomic E-state index is 0.260. The van der Waals surface area contributed by atoms with Gasteiger partial charge in [0.25, 0.3) is 0 Å². The van der Waals surface area contributed by atoms with E-state index in [9.17, 15) is 4.39 Å². The van der Waals surface area contributed by atoms with Gasteiger partial charge in [0.2, 0.25) is 5.95 Å². The Kier molecular flexibility index (Phi) is 3.09. The average molecular weight is 324 g/mol. The maximum Gasteiger partial charge on any atom is 0.207 e. The number of hydrogen-bond acceptors (Lipinski definition) is 2. The molecule has 3 nitrogen and oxygen atoms in total. The van der Waals surface area contributed by atoms with Crippen molar-refractivity contribution in [1.82, 2.24) is 9.55 Å². The third-order valence-electron chi connectivity index (χ3n) is 3.24. The van der Waals surface area contributed by atoms with Gasteiger partial charge < -0.3 is 5.32 Å². The molecule has 5 heteroatoms. The second-order valence-corrected chi connectivity index (χ2v) is 5.90. The van der Waals surface area contributed by atoms with Gasteiger partial charge in [0.05, 0.1) is 15.9 Å². The highest BCUT2D eigenvalue weighted by Gasteiger charge is 2.23. The number of hydrogen-bond donors (Lipinski definition) is 1. The van der Waals surface area contributed by atoms with E-state index in [1.807, 2.05) is 24.6 Å². The molecule has 1 aromatic carbocycles. The first-order valence-corrected chi connectivity index (χ1v) is 7.12. The van der Waals surface area contributed by atoms with E-state index in [0.717, 1.165) is 22.9 Å². The van der Waals surface area contributed by atoms with Crippen LogP contribution in [0.25, 0.3) is 5.69 Å². The summed E-state index contributed by atoms with van der Waals surface area (Å²) in [6, 6.07) is 3.85. The standard InChI is InChI=1S/C14H15BrFN3/c1-8-5-11(15)12(16)6-13(8)19-7-9(2)17-14(19)18-10-3-4-10/h5-7,10H,3-4H2,1-2H3,(H,17,18). The Labute approximate surface area is 120 Å². The molecule has 0 unspecified atom stereocenters. The summed E-state index contributed by atoms with van der Waals surface area (Å²) in [5, 5.41) is 3.38. The molecule has 1 aliphatic rings. The number of anilines is 1. The topological polar surface area (TPSA) is 29.9 Å². The predicted octanol–water partition coefficient (Wildman–Crippen LogP) is 3.97. The SMILES string of the molecule is Cc1cn(-c2cc(F)c(Br)cc2C)c(NC2CC2)n1. The van der Waals surface area contributed by atoms with Crippen LogP contribution in [0.5, 0.6) is 0 Å². The highest BCUT2D eigenvalue weighted by Crippen LogP contribution is 2.29. The van der Waals surface area contributed by atoms with Crippen molar-refractivity contribution in [2.75, 3.05) is 5.32 Å². The first-order valence-electron chi connectivity index (χ1n) is 6.33. The molecule has 1 fully saturated rings. The van der Waals surface area contributed by atoms with Crippen molar-refractivity contribution in [1.29, 1.82) is 0 Å². The number of benzene rings is 1. The molecule has 0 amide bonds. The normalized spacial score (nSPS) is 14.7. The molecule has 0 bridgehead atoms. The molecule has 1 aromatic heterocycles. The molecular weight excluding hydrogens is 309 g/mol. The van der Waals surface area contributed by atoms with Crippen molar-refractivity contribution >= 4 is 21.9 Å². The van der Waals surface area contributed by atoms with E-state index in [-0.39, 0.29) is 5.82 Å². The highest BCUT2D eigenvalue weighted by molar-refractivity contribution is 9.10. The Bertz CT molecular complexity index is 632. The summed E-state index contributed by atoms with van der Waals surface area (Å²) in [6.45, 7) is 3.91. The fraction of sp³-hybridized carbons (Fsp3) is 0.357. The molecular formula is C14H15BrFN3. The van der Waals surface area contributed by atoms with Crippen LogP contribution in [0.2, 0.25) is 0 Å². The van der Waals surface area contributed by atoms with Crippen LogP contribution in [0.15, 0.2) is 22.8 Å². The maximum atomic E-state index is 13.8. The van der Waals surface area contributed by atoms with E-state index in [0.29, 0.717) is 10.5 Å². The Hall–Kier alpha value is -1.36. The van der Waals surface area contributed by atoms with E-state index in [1.165, 1.54) is 12.8 Å². The van der Waals surface area contributed by atoms with Gasteiger partial charge in [-0.05, 0) is 60.3 Å². The lowest BCUT2D eigenvalue weighted by Gasteiger charge is -2.12. The van der Waals surface area contributed by atoms with E-state index in [4.69, 9.17) is 0 Å². The zero-order valence-corrected chi connectivity index (χ0v) is 12.5. The molecule has 2 aromatic rings. The molecule has 0 atom stereocenters. The van der Waals surface area contributed by atoms with Crippen LogP contribution in [-0.4, -0.2) is 15.6 Å². The lowest BCUT2D eigenvalue weighted by molar-refractivity contribution is 0.619. The van der Waals surface area contributed by atoms with Gasteiger partial charge in [0.15, 0.2) is 0 Å². The van der Waals surface area contributed by atoms with Crippen molar-refractivity contribution in [2.45, 2.75) is 32.7 Å². The number of halogens is 2. The van der Waals surface area contributed by atoms with Gasteiger partial charge in [0, 0.05) is 12.2 Å². The summed E-state index contributed by atoms with van der Waals surface area (Å²) in [5.41, 5.74) is 2.75. The average Bonchev–Trinajstić information content (AvgIpc) is 3.07. The summed E-state index contributed by atoms with van der Waals surface area (Å²) >= 11 is 3.21. The number of rotatable bonds is 3. The quantitative estimate of drug-likeness (QED) is 0.926. The van der Waals surface area contributed by atoms with Crippen molar-refractivity contribution in [3.05, 3.63) is 39.9 Å². The van der Waals surface area contributed by atoms with E-state index in [2.05, 4.69) is 26.2 Å². The van der Waals surface area contributed by atoms with Gasteiger partial charge in [-0.3, -0.25) is 4.57 Å². The van der Waals surface area contributed by atoms with Crippen LogP contribution in [0.1, 0.15) is 24.1 Å². The highest BCUT2D eigenvalue weighted by atomic mass is 79.9. The molecule has 1 heterocycles. The van der Waals surface area contributed by atoms with Crippen molar-refractivity contribution in [3.8, 4) is 5.69 Å². The second kappa shape index (κ2) is 4.63. The Morgan fingerprint density at radius 1 is 1.37 bits per heavy atom. The summed E-state index contributed by atoms with van der Waals surface area (Å²) in [4.78, 5) is 4.48. The molecule has 1 saturated carbocycles. The van der Waals surface area contributed by atoms with E-state index >= 15 is 0 Å². The zero-order valence-electron chi connectivity index (χ0n) is 10.9. The molecule has 3 rings (SSSR count). The van der Waals surface area contributed by atoms with Gasteiger partial charge in [-0.15, -0.1) is 0 Å². The van der Waals surface area contributed by atoms with E-state index < -0.39 is 0 Å². The molecule has 0 spiro atoms. The Morgan fingerprint density at radius 2 is 2.11 bits per heavy atom. The summed E-state index contributed by atoms with van der Waals surface area (Å²) in [7, 11) is 0. The number of nitrogens with zero attached hydrogens (tertiary/aromatic N) is 2. The second-order valence-electron chi connectivity index (χ2n) is 5.05. The van der Waals surface area contributed by atoms with Crippen LogP contribution in [-0.2, 0) is 0 Å².